The fraction of sp³-hybridized carbons (Fsp3) is 0.385. The second-order valence-corrected chi connectivity index (χ2v) is 11.7. The monoisotopic (exact) mass is 496 g/mol. The average molecular weight is 497 g/mol. The van der Waals surface area contributed by atoms with Crippen molar-refractivity contribution in [3.05, 3.63) is 60.8 Å². The van der Waals surface area contributed by atoms with E-state index in [1.807, 2.05) is 37.2 Å². The number of anilines is 3. The molecule has 0 unspecified atom stereocenters. The van der Waals surface area contributed by atoms with Crippen LogP contribution in [0.15, 0.2) is 65.7 Å². The zero-order valence-corrected chi connectivity index (χ0v) is 22.0. The molecule has 0 saturated carbocycles. The van der Waals surface area contributed by atoms with Gasteiger partial charge in [0.05, 0.1) is 10.6 Å². The van der Waals surface area contributed by atoms with Gasteiger partial charge in [0.25, 0.3) is 0 Å². The van der Waals surface area contributed by atoms with Gasteiger partial charge in [-0.05, 0) is 68.4 Å². The summed E-state index contributed by atoms with van der Waals surface area (Å²) in [5.41, 5.74) is 3.87. The molecule has 35 heavy (non-hydrogen) atoms. The minimum absolute atomic E-state index is 0.215. The molecular formula is C26H36N6O2S. The van der Waals surface area contributed by atoms with Crippen molar-refractivity contribution in [2.24, 2.45) is 5.41 Å². The third-order valence-electron chi connectivity index (χ3n) is 5.31. The van der Waals surface area contributed by atoms with Crippen LogP contribution in [-0.2, 0) is 10.0 Å². The molecule has 0 aliphatic rings. The molecule has 0 atom stereocenters. The van der Waals surface area contributed by atoms with E-state index >= 15 is 0 Å². The molecule has 188 valence electrons. The standard InChI is InChI=1S/C26H36N6O2S/c1-26(2,3)15-17-27-21-8-6-20(7-9-21)24-14-16-28-25(31-24)30-22-10-12-23(13-11-22)35(33,34)29-18-19-32(4)5/h6-14,16,27,29H,15,17-19H2,1-5H3,(H,28,30,31). The van der Waals surface area contributed by atoms with Crippen molar-refractivity contribution in [2.75, 3.05) is 44.4 Å². The molecule has 0 saturated heterocycles. The van der Waals surface area contributed by atoms with Gasteiger partial charge in [0, 0.05) is 42.8 Å². The SMILES string of the molecule is CN(C)CCNS(=O)(=O)c1ccc(Nc2nccc(-c3ccc(NCCC(C)(C)C)cc3)n2)cc1. The van der Waals surface area contributed by atoms with Crippen LogP contribution in [0.5, 0.6) is 0 Å². The van der Waals surface area contributed by atoms with Gasteiger partial charge in [0.2, 0.25) is 16.0 Å². The molecule has 3 rings (SSSR count). The molecule has 9 heteroatoms. The maximum atomic E-state index is 12.4. The number of benzene rings is 2. The normalized spacial score (nSPS) is 12.1. The van der Waals surface area contributed by atoms with E-state index in [0.29, 0.717) is 30.1 Å². The molecule has 0 fully saturated rings. The molecule has 1 aromatic heterocycles. The largest absolute Gasteiger partial charge is 0.385 e. The highest BCUT2D eigenvalue weighted by molar-refractivity contribution is 7.89. The Morgan fingerprint density at radius 3 is 2.17 bits per heavy atom. The van der Waals surface area contributed by atoms with E-state index < -0.39 is 10.0 Å². The Morgan fingerprint density at radius 1 is 0.886 bits per heavy atom. The molecule has 0 radical (unpaired) electrons. The summed E-state index contributed by atoms with van der Waals surface area (Å²) < 4.78 is 27.5. The number of rotatable bonds is 11. The van der Waals surface area contributed by atoms with E-state index in [9.17, 15) is 8.42 Å². The summed E-state index contributed by atoms with van der Waals surface area (Å²) in [6, 6.07) is 16.6. The van der Waals surface area contributed by atoms with Crippen LogP contribution in [0.3, 0.4) is 0 Å². The summed E-state index contributed by atoms with van der Waals surface area (Å²) in [4.78, 5) is 11.0. The number of hydrogen-bond donors (Lipinski definition) is 3. The van der Waals surface area contributed by atoms with Crippen molar-refractivity contribution in [3.63, 3.8) is 0 Å². The van der Waals surface area contributed by atoms with E-state index in [1.54, 1.807) is 30.5 Å². The highest BCUT2D eigenvalue weighted by Gasteiger charge is 2.13. The van der Waals surface area contributed by atoms with Crippen LogP contribution in [0, 0.1) is 5.41 Å². The maximum Gasteiger partial charge on any atom is 0.240 e. The van der Waals surface area contributed by atoms with Crippen molar-refractivity contribution in [2.45, 2.75) is 32.1 Å². The molecule has 0 aliphatic carbocycles. The van der Waals surface area contributed by atoms with Crippen LogP contribution in [-0.4, -0.2) is 57.0 Å². The van der Waals surface area contributed by atoms with Crippen molar-refractivity contribution in [1.82, 2.24) is 19.6 Å². The van der Waals surface area contributed by atoms with Gasteiger partial charge in [-0.3, -0.25) is 0 Å². The zero-order valence-electron chi connectivity index (χ0n) is 21.2. The maximum absolute atomic E-state index is 12.4. The summed E-state index contributed by atoms with van der Waals surface area (Å²) in [7, 11) is 0.246. The summed E-state index contributed by atoms with van der Waals surface area (Å²) >= 11 is 0. The molecule has 2 aromatic carbocycles. The fourth-order valence-electron chi connectivity index (χ4n) is 3.25. The number of nitrogens with zero attached hydrogens (tertiary/aromatic N) is 3. The van der Waals surface area contributed by atoms with Crippen molar-refractivity contribution < 1.29 is 8.42 Å². The lowest BCUT2D eigenvalue weighted by atomic mass is 9.92. The number of hydrogen-bond acceptors (Lipinski definition) is 7. The quantitative estimate of drug-likeness (QED) is 0.357. The highest BCUT2D eigenvalue weighted by Crippen LogP contribution is 2.23. The van der Waals surface area contributed by atoms with Crippen LogP contribution >= 0.6 is 0 Å². The lowest BCUT2D eigenvalue weighted by Crippen LogP contribution is -2.31. The second kappa shape index (κ2) is 11.6. The Labute approximate surface area is 209 Å². The summed E-state index contributed by atoms with van der Waals surface area (Å²) in [5.74, 6) is 0.439. The fourth-order valence-corrected chi connectivity index (χ4v) is 4.27. The zero-order chi connectivity index (χ0) is 25.5. The molecule has 1 heterocycles. The van der Waals surface area contributed by atoms with Gasteiger partial charge < -0.3 is 15.5 Å². The van der Waals surface area contributed by atoms with Gasteiger partial charge in [-0.1, -0.05) is 32.9 Å². The predicted octanol–water partition coefficient (Wildman–Crippen LogP) is 4.58. The molecule has 8 nitrogen and oxygen atoms in total. The van der Waals surface area contributed by atoms with Gasteiger partial charge in [-0.15, -0.1) is 0 Å². The lowest BCUT2D eigenvalue weighted by Gasteiger charge is -2.18. The molecule has 0 spiro atoms. The average Bonchev–Trinajstić information content (AvgIpc) is 2.79. The number of sulfonamides is 1. The lowest BCUT2D eigenvalue weighted by molar-refractivity contribution is 0.390. The van der Waals surface area contributed by atoms with Crippen LogP contribution in [0.2, 0.25) is 0 Å². The molecular weight excluding hydrogens is 460 g/mol. The summed E-state index contributed by atoms with van der Waals surface area (Å²) in [5, 5.41) is 6.61. The first-order chi connectivity index (χ1) is 16.5. The van der Waals surface area contributed by atoms with Gasteiger partial charge in [-0.25, -0.2) is 23.1 Å². The second-order valence-electron chi connectivity index (χ2n) is 9.93. The Bertz CT molecular complexity index is 1190. The van der Waals surface area contributed by atoms with Gasteiger partial charge >= 0.3 is 0 Å². The third kappa shape index (κ3) is 8.61. The van der Waals surface area contributed by atoms with Gasteiger partial charge in [0.15, 0.2) is 0 Å². The minimum Gasteiger partial charge on any atom is -0.385 e. The molecule has 3 N–H and O–H groups in total. The number of likely N-dealkylation sites (N-methyl/N-ethyl adjacent to an activating group) is 1. The Balaban J connectivity index is 1.62. The third-order valence-corrected chi connectivity index (χ3v) is 6.79. The van der Waals surface area contributed by atoms with Crippen LogP contribution in [0.4, 0.5) is 17.3 Å². The van der Waals surface area contributed by atoms with Crippen LogP contribution in [0.1, 0.15) is 27.2 Å². The summed E-state index contributed by atoms with van der Waals surface area (Å²) in [6.45, 7) is 8.61. The predicted molar refractivity (Wildman–Crippen MR) is 143 cm³/mol. The molecule has 3 aromatic rings. The topological polar surface area (TPSA) is 99.3 Å². The van der Waals surface area contributed by atoms with Gasteiger partial charge in [0.1, 0.15) is 0 Å². The van der Waals surface area contributed by atoms with E-state index in [-0.39, 0.29) is 4.90 Å². The van der Waals surface area contributed by atoms with Crippen molar-refractivity contribution in [3.8, 4) is 11.3 Å². The van der Waals surface area contributed by atoms with E-state index in [1.165, 1.54) is 0 Å². The van der Waals surface area contributed by atoms with Crippen LogP contribution in [0.25, 0.3) is 11.3 Å². The molecule has 0 amide bonds. The van der Waals surface area contributed by atoms with E-state index in [4.69, 9.17) is 0 Å². The smallest absolute Gasteiger partial charge is 0.240 e. The van der Waals surface area contributed by atoms with Crippen molar-refractivity contribution >= 4 is 27.3 Å². The molecule has 0 aliphatic heterocycles. The Kier molecular flexibility index (Phi) is 8.82. The molecule has 0 bridgehead atoms. The van der Waals surface area contributed by atoms with E-state index in [2.05, 4.69) is 58.2 Å². The first-order valence-electron chi connectivity index (χ1n) is 11.7. The highest BCUT2D eigenvalue weighted by atomic mass is 32.2. The van der Waals surface area contributed by atoms with Gasteiger partial charge in [-0.2, -0.15) is 0 Å². The number of aromatic nitrogens is 2. The first kappa shape index (κ1) is 26.6. The van der Waals surface area contributed by atoms with E-state index in [0.717, 1.165) is 29.9 Å². The number of nitrogens with one attached hydrogen (secondary N) is 3. The minimum atomic E-state index is -3.55. The first-order valence-corrected chi connectivity index (χ1v) is 13.2. The Hall–Kier alpha value is -3.01. The summed E-state index contributed by atoms with van der Waals surface area (Å²) in [6.07, 6.45) is 2.79. The Morgan fingerprint density at radius 2 is 1.54 bits per heavy atom. The van der Waals surface area contributed by atoms with Crippen LogP contribution < -0.4 is 15.4 Å². The van der Waals surface area contributed by atoms with Crippen molar-refractivity contribution in [1.29, 1.82) is 0 Å².